The van der Waals surface area contributed by atoms with Crippen LogP contribution in [0.4, 0.5) is 0 Å². The van der Waals surface area contributed by atoms with Gasteiger partial charge < -0.3 is 0 Å². The van der Waals surface area contributed by atoms with Crippen LogP contribution in [0.25, 0.3) is 0 Å². The lowest BCUT2D eigenvalue weighted by molar-refractivity contribution is 0.0764. The van der Waals surface area contributed by atoms with E-state index < -0.39 is 0 Å². The molecular weight excluding hydrogens is 376 g/mol. The summed E-state index contributed by atoms with van der Waals surface area (Å²) in [5.74, 6) is 0.936. The number of hydrogen-bond acceptors (Lipinski definition) is 2. The smallest absolute Gasteiger partial charge is 0.180 e. The van der Waals surface area contributed by atoms with E-state index in [1.54, 1.807) is 11.3 Å². The van der Waals surface area contributed by atoms with Crippen LogP contribution in [0.5, 0.6) is 0 Å². The van der Waals surface area contributed by atoms with Gasteiger partial charge in [0.25, 0.3) is 0 Å². The molecule has 1 aromatic heterocycles. The fourth-order valence-corrected chi connectivity index (χ4v) is 5.29. The van der Waals surface area contributed by atoms with Crippen molar-refractivity contribution in [3.8, 4) is 0 Å². The molecular formula is C14H18Br2OS. The molecule has 0 unspecified atom stereocenters. The Morgan fingerprint density at radius 2 is 2.00 bits per heavy atom. The largest absolute Gasteiger partial charge is 0.293 e. The minimum atomic E-state index is -0.0962. The maximum Gasteiger partial charge on any atom is 0.180 e. The van der Waals surface area contributed by atoms with E-state index in [0.29, 0.717) is 11.7 Å². The Kier molecular flexibility index (Phi) is 4.71. The first kappa shape index (κ1) is 14.7. The highest BCUT2D eigenvalue weighted by molar-refractivity contribution is 9.13. The van der Waals surface area contributed by atoms with Crippen molar-refractivity contribution < 1.29 is 4.79 Å². The third-order valence-corrected chi connectivity index (χ3v) is 7.26. The minimum absolute atomic E-state index is 0.0962. The predicted octanol–water partition coefficient (Wildman–Crippen LogP) is 6.06. The van der Waals surface area contributed by atoms with Gasteiger partial charge in [-0.3, -0.25) is 4.79 Å². The SMILES string of the molecule is CC(C)CC1(C(=O)c2scc(Br)c2Br)CCCC1. The maximum absolute atomic E-state index is 12.9. The van der Waals surface area contributed by atoms with Crippen molar-refractivity contribution in [2.24, 2.45) is 11.3 Å². The molecule has 1 fully saturated rings. The van der Waals surface area contributed by atoms with Crippen LogP contribution < -0.4 is 0 Å². The number of carbonyl (C=O) groups excluding carboxylic acids is 1. The molecule has 1 aliphatic rings. The summed E-state index contributed by atoms with van der Waals surface area (Å²) in [5.41, 5.74) is -0.0962. The predicted molar refractivity (Wildman–Crippen MR) is 84.4 cm³/mol. The lowest BCUT2D eigenvalue weighted by atomic mass is 9.74. The minimum Gasteiger partial charge on any atom is -0.293 e. The molecule has 1 aliphatic carbocycles. The Morgan fingerprint density at radius 3 is 2.44 bits per heavy atom. The summed E-state index contributed by atoms with van der Waals surface area (Å²) in [6, 6.07) is 0. The van der Waals surface area contributed by atoms with Crippen LogP contribution in [0, 0.1) is 11.3 Å². The van der Waals surface area contributed by atoms with E-state index >= 15 is 0 Å². The van der Waals surface area contributed by atoms with E-state index in [-0.39, 0.29) is 5.41 Å². The van der Waals surface area contributed by atoms with Gasteiger partial charge in [-0.05, 0) is 57.0 Å². The first-order chi connectivity index (χ1) is 8.46. The van der Waals surface area contributed by atoms with E-state index in [1.165, 1.54) is 12.8 Å². The first-order valence-corrected chi connectivity index (χ1v) is 8.90. The van der Waals surface area contributed by atoms with Crippen molar-refractivity contribution in [3.05, 3.63) is 19.2 Å². The van der Waals surface area contributed by atoms with Gasteiger partial charge in [-0.1, -0.05) is 26.7 Å². The second-order valence-electron chi connectivity index (χ2n) is 5.64. The second kappa shape index (κ2) is 5.76. The van der Waals surface area contributed by atoms with Crippen LogP contribution in [-0.4, -0.2) is 5.78 Å². The van der Waals surface area contributed by atoms with Crippen molar-refractivity contribution in [1.29, 1.82) is 0 Å². The van der Waals surface area contributed by atoms with Gasteiger partial charge in [0.15, 0.2) is 5.78 Å². The molecule has 4 heteroatoms. The number of halogens is 2. The summed E-state index contributed by atoms with van der Waals surface area (Å²) in [5, 5.41) is 2.00. The third kappa shape index (κ3) is 2.75. The van der Waals surface area contributed by atoms with Gasteiger partial charge >= 0.3 is 0 Å². The van der Waals surface area contributed by atoms with E-state index in [2.05, 4.69) is 45.7 Å². The Hall–Kier alpha value is 0.330. The molecule has 1 nitrogen and oxygen atoms in total. The molecule has 2 rings (SSSR count). The van der Waals surface area contributed by atoms with Crippen molar-refractivity contribution in [2.75, 3.05) is 0 Å². The first-order valence-electron chi connectivity index (χ1n) is 6.43. The van der Waals surface area contributed by atoms with E-state index in [4.69, 9.17) is 0 Å². The standard InChI is InChI=1S/C14H18Br2OS/c1-9(2)7-14(5-3-4-6-14)13(17)12-11(16)10(15)8-18-12/h8-9H,3-7H2,1-2H3. The van der Waals surface area contributed by atoms with Gasteiger partial charge in [-0.15, -0.1) is 11.3 Å². The zero-order valence-electron chi connectivity index (χ0n) is 10.8. The number of ketones is 1. The van der Waals surface area contributed by atoms with Gasteiger partial charge in [-0.25, -0.2) is 0 Å². The Bertz CT molecular complexity index is 445. The van der Waals surface area contributed by atoms with Gasteiger partial charge in [0, 0.05) is 15.3 Å². The summed E-state index contributed by atoms with van der Waals surface area (Å²) in [6.45, 7) is 4.43. The summed E-state index contributed by atoms with van der Waals surface area (Å²) in [6.07, 6.45) is 5.54. The molecule has 0 spiro atoms. The molecule has 100 valence electrons. The summed E-state index contributed by atoms with van der Waals surface area (Å²) in [7, 11) is 0. The van der Waals surface area contributed by atoms with E-state index in [1.807, 2.05) is 5.38 Å². The molecule has 0 atom stereocenters. The maximum atomic E-state index is 12.9. The molecule has 0 aromatic carbocycles. The lowest BCUT2D eigenvalue weighted by Gasteiger charge is -2.29. The highest BCUT2D eigenvalue weighted by Crippen LogP contribution is 2.48. The molecule has 0 saturated heterocycles. The Balaban J connectivity index is 2.32. The van der Waals surface area contributed by atoms with Crippen LogP contribution >= 0.6 is 43.2 Å². The number of Topliss-reactive ketones (excluding diaryl/α,β-unsaturated/α-hetero) is 1. The van der Waals surface area contributed by atoms with Gasteiger partial charge in [-0.2, -0.15) is 0 Å². The van der Waals surface area contributed by atoms with Crippen molar-refractivity contribution >= 4 is 49.0 Å². The highest BCUT2D eigenvalue weighted by atomic mass is 79.9. The quantitative estimate of drug-likeness (QED) is 0.568. The highest BCUT2D eigenvalue weighted by Gasteiger charge is 2.42. The van der Waals surface area contributed by atoms with Crippen molar-refractivity contribution in [2.45, 2.75) is 46.0 Å². The van der Waals surface area contributed by atoms with E-state index in [0.717, 1.165) is 33.1 Å². The molecule has 0 amide bonds. The second-order valence-corrected chi connectivity index (χ2v) is 8.17. The zero-order chi connectivity index (χ0) is 13.3. The van der Waals surface area contributed by atoms with E-state index in [9.17, 15) is 4.79 Å². The van der Waals surface area contributed by atoms with Crippen LogP contribution in [0.15, 0.2) is 14.3 Å². The van der Waals surface area contributed by atoms with Crippen LogP contribution in [0.2, 0.25) is 0 Å². The molecule has 1 aromatic rings. The molecule has 0 bridgehead atoms. The average Bonchev–Trinajstić information content (AvgIpc) is 2.88. The lowest BCUT2D eigenvalue weighted by Crippen LogP contribution is -2.29. The summed E-state index contributed by atoms with van der Waals surface area (Å²) >= 11 is 8.56. The third-order valence-electron chi connectivity index (χ3n) is 3.74. The van der Waals surface area contributed by atoms with Crippen LogP contribution in [0.3, 0.4) is 0 Å². The number of thiophene rings is 1. The molecule has 0 N–H and O–H groups in total. The van der Waals surface area contributed by atoms with Crippen LogP contribution in [-0.2, 0) is 0 Å². The molecule has 18 heavy (non-hydrogen) atoms. The monoisotopic (exact) mass is 392 g/mol. The molecule has 0 aliphatic heterocycles. The van der Waals surface area contributed by atoms with Gasteiger partial charge in [0.1, 0.15) is 0 Å². The average molecular weight is 394 g/mol. The number of rotatable bonds is 4. The normalized spacial score (nSPS) is 18.5. The molecule has 1 saturated carbocycles. The topological polar surface area (TPSA) is 17.1 Å². The molecule has 1 heterocycles. The number of hydrogen-bond donors (Lipinski definition) is 0. The van der Waals surface area contributed by atoms with Crippen molar-refractivity contribution in [1.82, 2.24) is 0 Å². The summed E-state index contributed by atoms with van der Waals surface area (Å²) < 4.78 is 1.93. The fraction of sp³-hybridized carbons (Fsp3) is 0.643. The van der Waals surface area contributed by atoms with Gasteiger partial charge in [0.2, 0.25) is 0 Å². The summed E-state index contributed by atoms with van der Waals surface area (Å²) in [4.78, 5) is 13.8. The van der Waals surface area contributed by atoms with Gasteiger partial charge in [0.05, 0.1) is 9.35 Å². The molecule has 0 radical (unpaired) electrons. The number of carbonyl (C=O) groups is 1. The van der Waals surface area contributed by atoms with Crippen LogP contribution in [0.1, 0.15) is 55.6 Å². The Labute approximate surface area is 130 Å². The van der Waals surface area contributed by atoms with Crippen molar-refractivity contribution in [3.63, 3.8) is 0 Å². The Morgan fingerprint density at radius 1 is 1.39 bits per heavy atom. The fourth-order valence-electron chi connectivity index (χ4n) is 3.07. The zero-order valence-corrected chi connectivity index (χ0v) is 14.8.